The Morgan fingerprint density at radius 2 is 2.00 bits per heavy atom. The van der Waals surface area contributed by atoms with Gasteiger partial charge in [-0.05, 0) is 28.1 Å². The first-order valence-electron chi connectivity index (χ1n) is 4.37. The molecule has 0 fully saturated rings. The molecule has 0 aromatic carbocycles. The fourth-order valence-corrected chi connectivity index (χ4v) is 2.24. The zero-order valence-corrected chi connectivity index (χ0v) is 10.6. The van der Waals surface area contributed by atoms with Gasteiger partial charge >= 0.3 is 0 Å². The molecule has 0 atom stereocenters. The van der Waals surface area contributed by atoms with Gasteiger partial charge in [0.2, 0.25) is 5.91 Å². The van der Waals surface area contributed by atoms with Gasteiger partial charge in [-0.1, -0.05) is 0 Å². The van der Waals surface area contributed by atoms with Gasteiger partial charge in [-0.25, -0.2) is 0 Å². The maximum Gasteiger partial charge on any atom is 0.261 e. The van der Waals surface area contributed by atoms with Gasteiger partial charge < -0.3 is 10.6 Å². The van der Waals surface area contributed by atoms with Gasteiger partial charge in [-0.3, -0.25) is 9.59 Å². The highest BCUT2D eigenvalue weighted by atomic mass is 79.9. The molecule has 0 saturated heterocycles. The summed E-state index contributed by atoms with van der Waals surface area (Å²) in [6.07, 6.45) is 0. The molecule has 2 N–H and O–H groups in total. The molecule has 15 heavy (non-hydrogen) atoms. The quantitative estimate of drug-likeness (QED) is 0.823. The molecule has 1 rings (SSSR count). The third kappa shape index (κ3) is 4.44. The Balaban J connectivity index is 2.28. The lowest BCUT2D eigenvalue weighted by Gasteiger charge is -2.03. The number of thiophene rings is 1. The number of hydrogen-bond acceptors (Lipinski definition) is 3. The standard InChI is InChI=1S/C9H11BrN2O2S/c1-6(13)11-4-5-12-9(14)7-2-3-8(10)15-7/h2-3H,4-5H2,1H3,(H,11,13)(H,12,14). The predicted molar refractivity (Wildman–Crippen MR) is 63.0 cm³/mol. The minimum atomic E-state index is -0.115. The minimum Gasteiger partial charge on any atom is -0.355 e. The summed E-state index contributed by atoms with van der Waals surface area (Å²) in [6, 6.07) is 3.58. The van der Waals surface area contributed by atoms with Crippen molar-refractivity contribution in [2.75, 3.05) is 13.1 Å². The van der Waals surface area contributed by atoms with E-state index >= 15 is 0 Å². The van der Waals surface area contributed by atoms with Crippen molar-refractivity contribution in [1.82, 2.24) is 10.6 Å². The third-order valence-corrected chi connectivity index (χ3v) is 3.20. The van der Waals surface area contributed by atoms with Gasteiger partial charge in [0.1, 0.15) is 0 Å². The summed E-state index contributed by atoms with van der Waals surface area (Å²) in [7, 11) is 0. The largest absolute Gasteiger partial charge is 0.355 e. The Bertz CT molecular complexity index is 365. The van der Waals surface area contributed by atoms with Gasteiger partial charge in [0.05, 0.1) is 8.66 Å². The monoisotopic (exact) mass is 290 g/mol. The molecule has 82 valence electrons. The number of rotatable bonds is 4. The SMILES string of the molecule is CC(=O)NCCNC(=O)c1ccc(Br)s1. The number of carbonyl (C=O) groups excluding carboxylic acids is 2. The van der Waals surface area contributed by atoms with E-state index in [0.29, 0.717) is 18.0 Å². The summed E-state index contributed by atoms with van der Waals surface area (Å²) in [4.78, 5) is 22.7. The molecule has 0 aliphatic rings. The van der Waals surface area contributed by atoms with Crippen molar-refractivity contribution in [1.29, 1.82) is 0 Å². The van der Waals surface area contributed by atoms with E-state index in [0.717, 1.165) is 3.79 Å². The van der Waals surface area contributed by atoms with E-state index in [-0.39, 0.29) is 11.8 Å². The summed E-state index contributed by atoms with van der Waals surface area (Å²) < 4.78 is 0.925. The molecule has 1 aromatic rings. The first-order valence-corrected chi connectivity index (χ1v) is 5.98. The van der Waals surface area contributed by atoms with Crippen molar-refractivity contribution in [2.24, 2.45) is 0 Å². The summed E-state index contributed by atoms with van der Waals surface area (Å²) in [5.41, 5.74) is 0. The fraction of sp³-hybridized carbons (Fsp3) is 0.333. The minimum absolute atomic E-state index is 0.0943. The molecule has 0 saturated carbocycles. The summed E-state index contributed by atoms with van der Waals surface area (Å²) in [5, 5.41) is 5.30. The summed E-state index contributed by atoms with van der Waals surface area (Å²) >= 11 is 4.66. The van der Waals surface area contributed by atoms with Crippen LogP contribution in [0.15, 0.2) is 15.9 Å². The summed E-state index contributed by atoms with van der Waals surface area (Å²) in [5.74, 6) is -0.209. The Morgan fingerprint density at radius 3 is 2.53 bits per heavy atom. The zero-order valence-electron chi connectivity index (χ0n) is 8.17. The molecule has 0 spiro atoms. The third-order valence-electron chi connectivity index (χ3n) is 1.58. The summed E-state index contributed by atoms with van der Waals surface area (Å²) in [6.45, 7) is 2.33. The zero-order chi connectivity index (χ0) is 11.3. The molecule has 0 bridgehead atoms. The van der Waals surface area contributed by atoms with Crippen LogP contribution in [0.5, 0.6) is 0 Å². The van der Waals surface area contributed by atoms with Crippen LogP contribution in [0.25, 0.3) is 0 Å². The van der Waals surface area contributed by atoms with Crippen molar-refractivity contribution in [3.8, 4) is 0 Å². The molecular weight excluding hydrogens is 280 g/mol. The van der Waals surface area contributed by atoms with Crippen LogP contribution in [0.2, 0.25) is 0 Å². The lowest BCUT2D eigenvalue weighted by atomic mass is 10.4. The smallest absolute Gasteiger partial charge is 0.261 e. The highest BCUT2D eigenvalue weighted by Gasteiger charge is 2.06. The molecule has 6 heteroatoms. The fourth-order valence-electron chi connectivity index (χ4n) is 0.938. The van der Waals surface area contributed by atoms with Crippen molar-refractivity contribution < 1.29 is 9.59 Å². The Labute approximate surface area is 100 Å². The molecule has 0 unspecified atom stereocenters. The predicted octanol–water partition coefficient (Wildman–Crippen LogP) is 1.38. The molecular formula is C9H11BrN2O2S. The first-order chi connectivity index (χ1) is 7.09. The van der Waals surface area contributed by atoms with Gasteiger partial charge in [-0.15, -0.1) is 11.3 Å². The van der Waals surface area contributed by atoms with E-state index in [1.807, 2.05) is 6.07 Å². The molecule has 0 aliphatic carbocycles. The highest BCUT2D eigenvalue weighted by molar-refractivity contribution is 9.11. The van der Waals surface area contributed by atoms with Crippen molar-refractivity contribution in [2.45, 2.75) is 6.92 Å². The van der Waals surface area contributed by atoms with E-state index in [4.69, 9.17) is 0 Å². The molecule has 1 aromatic heterocycles. The normalized spacial score (nSPS) is 9.73. The second-order valence-corrected chi connectivity index (χ2v) is 5.31. The number of carbonyl (C=O) groups is 2. The second-order valence-electron chi connectivity index (χ2n) is 2.84. The van der Waals surface area contributed by atoms with Crippen LogP contribution < -0.4 is 10.6 Å². The second kappa shape index (κ2) is 5.87. The van der Waals surface area contributed by atoms with E-state index < -0.39 is 0 Å². The van der Waals surface area contributed by atoms with Crippen LogP contribution in [0, 0.1) is 0 Å². The number of nitrogens with one attached hydrogen (secondary N) is 2. The average Bonchev–Trinajstić information content (AvgIpc) is 2.59. The van der Waals surface area contributed by atoms with E-state index in [1.54, 1.807) is 6.07 Å². The highest BCUT2D eigenvalue weighted by Crippen LogP contribution is 2.21. The van der Waals surface area contributed by atoms with Gasteiger partial charge in [0.25, 0.3) is 5.91 Å². The lowest BCUT2D eigenvalue weighted by Crippen LogP contribution is -2.33. The van der Waals surface area contributed by atoms with Gasteiger partial charge in [0, 0.05) is 20.0 Å². The van der Waals surface area contributed by atoms with Crippen molar-refractivity contribution in [3.05, 3.63) is 20.8 Å². The Kier molecular flexibility index (Phi) is 4.77. The molecule has 4 nitrogen and oxygen atoms in total. The van der Waals surface area contributed by atoms with Crippen LogP contribution in [0.3, 0.4) is 0 Å². The number of amides is 2. The van der Waals surface area contributed by atoms with Crippen LogP contribution in [0.1, 0.15) is 16.6 Å². The first kappa shape index (κ1) is 12.2. The van der Waals surface area contributed by atoms with Gasteiger partial charge in [0.15, 0.2) is 0 Å². The van der Waals surface area contributed by atoms with Crippen LogP contribution in [0.4, 0.5) is 0 Å². The van der Waals surface area contributed by atoms with Crippen LogP contribution >= 0.6 is 27.3 Å². The van der Waals surface area contributed by atoms with E-state index in [1.165, 1.54) is 18.3 Å². The maximum atomic E-state index is 11.5. The Morgan fingerprint density at radius 1 is 1.33 bits per heavy atom. The molecule has 2 amide bonds. The van der Waals surface area contributed by atoms with Crippen molar-refractivity contribution >= 4 is 39.1 Å². The maximum absolute atomic E-state index is 11.5. The van der Waals surface area contributed by atoms with Crippen LogP contribution in [-0.4, -0.2) is 24.9 Å². The number of halogens is 1. The van der Waals surface area contributed by atoms with Crippen LogP contribution in [-0.2, 0) is 4.79 Å². The average molecular weight is 291 g/mol. The lowest BCUT2D eigenvalue weighted by molar-refractivity contribution is -0.118. The molecule has 0 aliphatic heterocycles. The molecule has 0 radical (unpaired) electrons. The van der Waals surface area contributed by atoms with Gasteiger partial charge in [-0.2, -0.15) is 0 Å². The molecule has 1 heterocycles. The number of hydrogen-bond donors (Lipinski definition) is 2. The van der Waals surface area contributed by atoms with E-state index in [9.17, 15) is 9.59 Å². The van der Waals surface area contributed by atoms with E-state index in [2.05, 4.69) is 26.6 Å². The Hall–Kier alpha value is -0.880. The van der Waals surface area contributed by atoms with Crippen molar-refractivity contribution in [3.63, 3.8) is 0 Å². The topological polar surface area (TPSA) is 58.2 Å².